The van der Waals surface area contributed by atoms with Gasteiger partial charge >= 0.3 is 5.97 Å². The monoisotopic (exact) mass is 312 g/mol. The van der Waals surface area contributed by atoms with Crippen molar-refractivity contribution < 1.29 is 23.1 Å². The SMILES string of the molecule is Cc1ccc(C(=O)O)cc1N1CC(CS(N)(=O)=O)CC1=O. The molecule has 1 aromatic rings. The van der Waals surface area contributed by atoms with Crippen molar-refractivity contribution in [1.82, 2.24) is 0 Å². The molecule has 0 spiro atoms. The van der Waals surface area contributed by atoms with Gasteiger partial charge in [0.05, 0.1) is 11.3 Å². The van der Waals surface area contributed by atoms with E-state index in [1.807, 2.05) is 0 Å². The molecule has 1 atom stereocenters. The summed E-state index contributed by atoms with van der Waals surface area (Å²) < 4.78 is 22.2. The van der Waals surface area contributed by atoms with Crippen LogP contribution in [-0.2, 0) is 14.8 Å². The fraction of sp³-hybridized carbons (Fsp3) is 0.385. The number of sulfonamides is 1. The van der Waals surface area contributed by atoms with E-state index in [0.717, 1.165) is 5.56 Å². The van der Waals surface area contributed by atoms with Gasteiger partial charge in [-0.05, 0) is 24.6 Å². The molecule has 3 N–H and O–H groups in total. The minimum Gasteiger partial charge on any atom is -0.478 e. The molecule has 1 aromatic carbocycles. The zero-order chi connectivity index (χ0) is 15.8. The molecule has 0 bridgehead atoms. The van der Waals surface area contributed by atoms with E-state index in [0.29, 0.717) is 5.69 Å². The minimum atomic E-state index is -3.64. The number of carboxylic acid groups (broad SMARTS) is 1. The maximum Gasteiger partial charge on any atom is 0.335 e. The summed E-state index contributed by atoms with van der Waals surface area (Å²) in [4.78, 5) is 24.5. The molecule has 1 unspecified atom stereocenters. The van der Waals surface area contributed by atoms with Gasteiger partial charge in [0.15, 0.2) is 0 Å². The molecule has 0 aromatic heterocycles. The van der Waals surface area contributed by atoms with Gasteiger partial charge in [-0.25, -0.2) is 18.4 Å². The van der Waals surface area contributed by atoms with E-state index < -0.39 is 16.0 Å². The van der Waals surface area contributed by atoms with Crippen LogP contribution < -0.4 is 10.0 Å². The van der Waals surface area contributed by atoms with Gasteiger partial charge < -0.3 is 10.0 Å². The third kappa shape index (κ3) is 3.59. The fourth-order valence-electron chi connectivity index (χ4n) is 2.49. The number of primary sulfonamides is 1. The topological polar surface area (TPSA) is 118 Å². The van der Waals surface area contributed by atoms with E-state index in [9.17, 15) is 18.0 Å². The quantitative estimate of drug-likeness (QED) is 0.831. The number of aryl methyl sites for hydroxylation is 1. The largest absolute Gasteiger partial charge is 0.478 e. The second-order valence-electron chi connectivity index (χ2n) is 5.21. The summed E-state index contributed by atoms with van der Waals surface area (Å²) in [6.45, 7) is 1.99. The van der Waals surface area contributed by atoms with Gasteiger partial charge in [0.1, 0.15) is 0 Å². The lowest BCUT2D eigenvalue weighted by Crippen LogP contribution is -2.28. The van der Waals surface area contributed by atoms with Crippen LogP contribution in [0.3, 0.4) is 0 Å². The van der Waals surface area contributed by atoms with Gasteiger partial charge in [0.2, 0.25) is 15.9 Å². The smallest absolute Gasteiger partial charge is 0.335 e. The molecule has 21 heavy (non-hydrogen) atoms. The van der Waals surface area contributed by atoms with Crippen LogP contribution in [0.15, 0.2) is 18.2 Å². The van der Waals surface area contributed by atoms with Crippen LogP contribution in [0.2, 0.25) is 0 Å². The molecule has 0 saturated carbocycles. The predicted octanol–water partition coefficient (Wildman–Crippen LogP) is 0.335. The summed E-state index contributed by atoms with van der Waals surface area (Å²) in [7, 11) is -3.64. The number of rotatable bonds is 4. The predicted molar refractivity (Wildman–Crippen MR) is 76.6 cm³/mol. The summed E-state index contributed by atoms with van der Waals surface area (Å²) in [6, 6.07) is 4.51. The Labute approximate surface area is 122 Å². The van der Waals surface area contributed by atoms with Gasteiger partial charge in [0, 0.05) is 24.6 Å². The molecule has 1 heterocycles. The van der Waals surface area contributed by atoms with Crippen LogP contribution in [0.1, 0.15) is 22.3 Å². The number of carbonyl (C=O) groups is 2. The Kier molecular flexibility index (Phi) is 4.02. The van der Waals surface area contributed by atoms with E-state index in [2.05, 4.69) is 0 Å². The lowest BCUT2D eigenvalue weighted by Gasteiger charge is -2.19. The van der Waals surface area contributed by atoms with Crippen LogP contribution in [0.4, 0.5) is 5.69 Å². The third-order valence-corrected chi connectivity index (χ3v) is 4.36. The Hall–Kier alpha value is -1.93. The van der Waals surface area contributed by atoms with Gasteiger partial charge in [-0.2, -0.15) is 0 Å². The highest BCUT2D eigenvalue weighted by Crippen LogP contribution is 2.29. The summed E-state index contributed by atoms with van der Waals surface area (Å²) in [5, 5.41) is 14.0. The number of carbonyl (C=O) groups excluding carboxylic acids is 1. The molecule has 8 heteroatoms. The summed E-state index contributed by atoms with van der Waals surface area (Å²) >= 11 is 0. The molecule has 2 rings (SSSR count). The molecular weight excluding hydrogens is 296 g/mol. The molecule has 7 nitrogen and oxygen atoms in total. The average Bonchev–Trinajstić information content (AvgIpc) is 2.67. The number of anilines is 1. The first-order chi connectivity index (χ1) is 9.67. The van der Waals surface area contributed by atoms with Crippen molar-refractivity contribution >= 4 is 27.6 Å². The van der Waals surface area contributed by atoms with E-state index in [-0.39, 0.29) is 36.1 Å². The standard InChI is InChI=1S/C13H16N2O5S/c1-8-2-3-10(13(17)18)5-11(8)15-6-9(4-12(15)16)7-21(14,19)20/h2-3,5,9H,4,6-7H2,1H3,(H,17,18)(H2,14,19,20). The zero-order valence-electron chi connectivity index (χ0n) is 11.4. The van der Waals surface area contributed by atoms with Crippen LogP contribution in [0, 0.1) is 12.8 Å². The van der Waals surface area contributed by atoms with Crippen molar-refractivity contribution in [3.8, 4) is 0 Å². The van der Waals surface area contributed by atoms with Crippen molar-refractivity contribution in [2.24, 2.45) is 11.1 Å². The maximum atomic E-state index is 12.0. The highest BCUT2D eigenvalue weighted by molar-refractivity contribution is 7.89. The lowest BCUT2D eigenvalue weighted by molar-refractivity contribution is -0.117. The number of hydrogen-bond donors (Lipinski definition) is 2. The molecule has 1 fully saturated rings. The van der Waals surface area contributed by atoms with Crippen molar-refractivity contribution in [3.05, 3.63) is 29.3 Å². The van der Waals surface area contributed by atoms with E-state index >= 15 is 0 Å². The second kappa shape index (κ2) is 5.45. The molecule has 1 saturated heterocycles. The summed E-state index contributed by atoms with van der Waals surface area (Å²) in [5.41, 5.74) is 1.33. The van der Waals surface area contributed by atoms with Gasteiger partial charge in [0.25, 0.3) is 0 Å². The average molecular weight is 312 g/mol. The summed E-state index contributed by atoms with van der Waals surface area (Å²) in [6.07, 6.45) is 0.0904. The molecular formula is C13H16N2O5S. The number of benzene rings is 1. The van der Waals surface area contributed by atoms with Gasteiger partial charge in [-0.15, -0.1) is 0 Å². The van der Waals surface area contributed by atoms with Gasteiger partial charge in [-0.1, -0.05) is 6.07 Å². The zero-order valence-corrected chi connectivity index (χ0v) is 12.3. The first-order valence-electron chi connectivity index (χ1n) is 6.32. The van der Waals surface area contributed by atoms with Crippen molar-refractivity contribution in [2.45, 2.75) is 13.3 Å². The fourth-order valence-corrected chi connectivity index (χ4v) is 3.37. The highest BCUT2D eigenvalue weighted by atomic mass is 32.2. The van der Waals surface area contributed by atoms with Crippen molar-refractivity contribution in [3.63, 3.8) is 0 Å². The Morgan fingerprint density at radius 2 is 2.14 bits per heavy atom. The normalized spacial score (nSPS) is 19.0. The van der Waals surface area contributed by atoms with E-state index in [1.165, 1.54) is 17.0 Å². The molecule has 0 aliphatic carbocycles. The summed E-state index contributed by atoms with van der Waals surface area (Å²) in [5.74, 6) is -1.94. The number of nitrogens with zero attached hydrogens (tertiary/aromatic N) is 1. The van der Waals surface area contributed by atoms with Crippen LogP contribution >= 0.6 is 0 Å². The van der Waals surface area contributed by atoms with E-state index in [1.54, 1.807) is 13.0 Å². The number of aromatic carboxylic acids is 1. The Morgan fingerprint density at radius 3 is 2.71 bits per heavy atom. The second-order valence-corrected chi connectivity index (χ2v) is 6.87. The number of hydrogen-bond acceptors (Lipinski definition) is 4. The molecule has 1 aliphatic rings. The van der Waals surface area contributed by atoms with Crippen molar-refractivity contribution in [1.29, 1.82) is 0 Å². The first-order valence-corrected chi connectivity index (χ1v) is 8.03. The molecule has 1 aliphatic heterocycles. The maximum absolute atomic E-state index is 12.0. The van der Waals surface area contributed by atoms with Crippen LogP contribution in [0.25, 0.3) is 0 Å². The Morgan fingerprint density at radius 1 is 1.48 bits per heavy atom. The Balaban J connectivity index is 2.28. The third-order valence-electron chi connectivity index (χ3n) is 3.42. The van der Waals surface area contributed by atoms with Crippen molar-refractivity contribution in [2.75, 3.05) is 17.2 Å². The number of carboxylic acids is 1. The number of nitrogens with two attached hydrogens (primary N) is 1. The Bertz CT molecular complexity index is 699. The van der Waals surface area contributed by atoms with Gasteiger partial charge in [-0.3, -0.25) is 4.79 Å². The van der Waals surface area contributed by atoms with Crippen LogP contribution in [-0.4, -0.2) is 37.7 Å². The van der Waals surface area contributed by atoms with E-state index in [4.69, 9.17) is 10.2 Å². The first kappa shape index (κ1) is 15.5. The molecule has 0 radical (unpaired) electrons. The molecule has 114 valence electrons. The lowest BCUT2D eigenvalue weighted by atomic mass is 10.1. The van der Waals surface area contributed by atoms with Crippen LogP contribution in [0.5, 0.6) is 0 Å². The molecule has 1 amide bonds. The minimum absolute atomic E-state index is 0.0818. The highest BCUT2D eigenvalue weighted by Gasteiger charge is 2.33. The number of amides is 1.